The van der Waals surface area contributed by atoms with Gasteiger partial charge in [0.1, 0.15) is 0 Å². The molecule has 1 atom stereocenters. The Balaban J connectivity index is 2.26. The first-order valence-electron chi connectivity index (χ1n) is 5.79. The Labute approximate surface area is 107 Å². The first-order chi connectivity index (χ1) is 8.45. The third-order valence-electron chi connectivity index (χ3n) is 3.24. The summed E-state index contributed by atoms with van der Waals surface area (Å²) in [5.74, 6) is 0.0930. The van der Waals surface area contributed by atoms with Gasteiger partial charge in [0.25, 0.3) is 0 Å². The molecule has 0 bridgehead atoms. The molecule has 1 heterocycles. The van der Waals surface area contributed by atoms with E-state index in [1.165, 1.54) is 0 Å². The van der Waals surface area contributed by atoms with Crippen LogP contribution in [-0.4, -0.2) is 38.7 Å². The molecule has 1 unspecified atom stereocenters. The number of benzene rings is 1. The molecule has 1 aliphatic rings. The number of amides is 2. The van der Waals surface area contributed by atoms with Gasteiger partial charge in [0.2, 0.25) is 0 Å². The third kappa shape index (κ3) is 2.20. The number of nitrogens with one attached hydrogen (secondary N) is 1. The fourth-order valence-electron chi connectivity index (χ4n) is 1.99. The molecule has 1 aliphatic heterocycles. The number of hydrogen-bond acceptors (Lipinski definition) is 3. The molecule has 5 nitrogen and oxygen atoms in total. The van der Waals surface area contributed by atoms with Crippen LogP contribution >= 0.6 is 0 Å². The lowest BCUT2D eigenvalue weighted by Gasteiger charge is -2.18. The van der Waals surface area contributed by atoms with Gasteiger partial charge in [0.05, 0.1) is 16.7 Å². The quantitative estimate of drug-likeness (QED) is 0.895. The van der Waals surface area contributed by atoms with Crippen molar-refractivity contribution in [1.29, 1.82) is 0 Å². The molecule has 0 aromatic heterocycles. The van der Waals surface area contributed by atoms with E-state index < -0.39 is 9.84 Å². The molecule has 6 heteroatoms. The lowest BCUT2D eigenvalue weighted by Crippen LogP contribution is -2.25. The minimum Gasteiger partial charge on any atom is -0.336 e. The Morgan fingerprint density at radius 1 is 1.33 bits per heavy atom. The van der Waals surface area contributed by atoms with Crippen molar-refractivity contribution < 1.29 is 13.2 Å². The summed E-state index contributed by atoms with van der Waals surface area (Å²) in [4.78, 5) is 13.3. The predicted molar refractivity (Wildman–Crippen MR) is 68.1 cm³/mol. The van der Waals surface area contributed by atoms with Crippen LogP contribution in [-0.2, 0) is 9.84 Å². The molecule has 0 saturated carbocycles. The fourth-order valence-corrected chi connectivity index (χ4v) is 2.88. The average Bonchev–Trinajstić information content (AvgIpc) is 2.70. The van der Waals surface area contributed by atoms with Crippen molar-refractivity contribution in [3.05, 3.63) is 29.8 Å². The molecule has 1 aromatic rings. The van der Waals surface area contributed by atoms with Gasteiger partial charge in [-0.15, -0.1) is 0 Å². The Kier molecular flexibility index (Phi) is 3.30. The molecule has 1 aromatic carbocycles. The van der Waals surface area contributed by atoms with Crippen LogP contribution in [0.5, 0.6) is 0 Å². The Morgan fingerprint density at radius 3 is 2.39 bits per heavy atom. The van der Waals surface area contributed by atoms with Crippen LogP contribution in [0.3, 0.4) is 0 Å². The van der Waals surface area contributed by atoms with Gasteiger partial charge in [-0.2, -0.15) is 0 Å². The number of carbonyl (C=O) groups excluding carboxylic acids is 1. The summed E-state index contributed by atoms with van der Waals surface area (Å²) >= 11 is 0. The predicted octanol–water partition coefficient (Wildman–Crippen LogP) is 1.18. The highest BCUT2D eigenvalue weighted by atomic mass is 32.2. The Bertz CT molecular complexity index is 551. The summed E-state index contributed by atoms with van der Waals surface area (Å²) in [6.07, 6.45) is 0. The van der Waals surface area contributed by atoms with E-state index >= 15 is 0 Å². The maximum atomic E-state index is 11.7. The van der Waals surface area contributed by atoms with Crippen LogP contribution < -0.4 is 5.32 Å². The standard InChI is InChI=1S/C12H16N2O3S/c1-3-18(16,17)10-6-4-9(5-7-10)11-8-13-12(15)14(11)2/h4-7,11H,3,8H2,1-2H3,(H,13,15). The normalized spacial score (nSPS) is 20.0. The second-order valence-corrected chi connectivity index (χ2v) is 6.56. The Hall–Kier alpha value is -1.56. The van der Waals surface area contributed by atoms with Crippen LogP contribution in [0.2, 0.25) is 0 Å². The molecule has 0 radical (unpaired) electrons. The molecule has 1 N–H and O–H groups in total. The molecule has 98 valence electrons. The monoisotopic (exact) mass is 268 g/mol. The second kappa shape index (κ2) is 4.61. The van der Waals surface area contributed by atoms with Crippen molar-refractivity contribution in [2.24, 2.45) is 0 Å². The highest BCUT2D eigenvalue weighted by molar-refractivity contribution is 7.91. The average molecular weight is 268 g/mol. The number of nitrogens with zero attached hydrogens (tertiary/aromatic N) is 1. The number of sulfone groups is 1. The van der Waals surface area contributed by atoms with Crippen molar-refractivity contribution in [3.8, 4) is 0 Å². The summed E-state index contributed by atoms with van der Waals surface area (Å²) in [6.45, 7) is 2.17. The van der Waals surface area contributed by atoms with E-state index in [1.54, 1.807) is 43.1 Å². The van der Waals surface area contributed by atoms with Crippen molar-refractivity contribution in [2.45, 2.75) is 17.9 Å². The van der Waals surface area contributed by atoms with Gasteiger partial charge in [-0.1, -0.05) is 19.1 Å². The van der Waals surface area contributed by atoms with Crippen LogP contribution in [0.15, 0.2) is 29.2 Å². The summed E-state index contributed by atoms with van der Waals surface area (Å²) in [5.41, 5.74) is 0.936. The minimum atomic E-state index is -3.16. The van der Waals surface area contributed by atoms with Crippen LogP contribution in [0.4, 0.5) is 4.79 Å². The highest BCUT2D eigenvalue weighted by Crippen LogP contribution is 2.24. The molecular weight excluding hydrogens is 252 g/mol. The summed E-state index contributed by atoms with van der Waals surface area (Å²) in [5, 5.41) is 2.74. The van der Waals surface area contributed by atoms with Gasteiger partial charge in [-0.3, -0.25) is 0 Å². The second-order valence-electron chi connectivity index (χ2n) is 4.29. The number of rotatable bonds is 3. The summed E-state index contributed by atoms with van der Waals surface area (Å²) in [7, 11) is -1.43. The molecule has 1 fully saturated rings. The molecule has 0 spiro atoms. The largest absolute Gasteiger partial charge is 0.336 e. The van der Waals surface area contributed by atoms with Gasteiger partial charge >= 0.3 is 6.03 Å². The first-order valence-corrected chi connectivity index (χ1v) is 7.44. The summed E-state index contributed by atoms with van der Waals surface area (Å²) < 4.78 is 23.3. The van der Waals surface area contributed by atoms with Gasteiger partial charge in [0.15, 0.2) is 9.84 Å². The molecule has 18 heavy (non-hydrogen) atoms. The smallest absolute Gasteiger partial charge is 0.317 e. The van der Waals surface area contributed by atoms with E-state index in [1.807, 2.05) is 0 Å². The lowest BCUT2D eigenvalue weighted by atomic mass is 10.1. The van der Waals surface area contributed by atoms with E-state index in [9.17, 15) is 13.2 Å². The Morgan fingerprint density at radius 2 is 1.94 bits per heavy atom. The molecule has 1 saturated heterocycles. The van der Waals surface area contributed by atoms with E-state index in [0.717, 1.165) is 5.56 Å². The van der Waals surface area contributed by atoms with E-state index in [0.29, 0.717) is 11.4 Å². The first kappa shape index (κ1) is 12.9. The third-order valence-corrected chi connectivity index (χ3v) is 4.99. The van der Waals surface area contributed by atoms with Gasteiger partial charge in [-0.05, 0) is 17.7 Å². The minimum absolute atomic E-state index is 0.0316. The zero-order valence-electron chi connectivity index (χ0n) is 10.4. The molecular formula is C12H16N2O3S. The zero-order valence-corrected chi connectivity index (χ0v) is 11.2. The highest BCUT2D eigenvalue weighted by Gasteiger charge is 2.28. The number of urea groups is 1. The fraction of sp³-hybridized carbons (Fsp3) is 0.417. The summed E-state index contributed by atoms with van der Waals surface area (Å²) in [6, 6.07) is 6.60. The lowest BCUT2D eigenvalue weighted by molar-refractivity contribution is 0.217. The van der Waals surface area contributed by atoms with E-state index in [-0.39, 0.29) is 17.8 Å². The van der Waals surface area contributed by atoms with E-state index in [2.05, 4.69) is 5.32 Å². The van der Waals surface area contributed by atoms with Crippen LogP contribution in [0.25, 0.3) is 0 Å². The van der Waals surface area contributed by atoms with Crippen molar-refractivity contribution >= 4 is 15.9 Å². The molecule has 2 rings (SSSR count). The maximum absolute atomic E-state index is 11.7. The number of hydrogen-bond donors (Lipinski definition) is 1. The van der Waals surface area contributed by atoms with Gasteiger partial charge in [0, 0.05) is 13.6 Å². The number of likely N-dealkylation sites (N-methyl/N-ethyl adjacent to an activating group) is 1. The van der Waals surface area contributed by atoms with Gasteiger partial charge < -0.3 is 10.2 Å². The van der Waals surface area contributed by atoms with Crippen molar-refractivity contribution in [3.63, 3.8) is 0 Å². The maximum Gasteiger partial charge on any atom is 0.317 e. The van der Waals surface area contributed by atoms with Crippen molar-refractivity contribution in [2.75, 3.05) is 19.3 Å². The SMILES string of the molecule is CCS(=O)(=O)c1ccc(C2CNC(=O)N2C)cc1. The molecule has 0 aliphatic carbocycles. The van der Waals surface area contributed by atoms with Crippen molar-refractivity contribution in [1.82, 2.24) is 10.2 Å². The van der Waals surface area contributed by atoms with Crippen LogP contribution in [0.1, 0.15) is 18.5 Å². The zero-order chi connectivity index (χ0) is 13.3. The molecule has 2 amide bonds. The topological polar surface area (TPSA) is 66.5 Å². The van der Waals surface area contributed by atoms with Crippen LogP contribution in [0, 0.1) is 0 Å². The number of carbonyl (C=O) groups is 1. The van der Waals surface area contributed by atoms with Gasteiger partial charge in [-0.25, -0.2) is 13.2 Å². The van der Waals surface area contributed by atoms with E-state index in [4.69, 9.17) is 0 Å².